The van der Waals surface area contributed by atoms with Gasteiger partial charge in [0.2, 0.25) is 0 Å². The molecule has 0 radical (unpaired) electrons. The molecule has 0 bridgehead atoms. The van der Waals surface area contributed by atoms with E-state index >= 15 is 0 Å². The highest BCUT2D eigenvalue weighted by atomic mass is 79.9. The zero-order valence-corrected chi connectivity index (χ0v) is 15.3. The van der Waals surface area contributed by atoms with Crippen molar-refractivity contribution in [1.29, 1.82) is 0 Å². The first-order chi connectivity index (χ1) is 10.6. The maximum atomic E-state index is 14.1. The summed E-state index contributed by atoms with van der Waals surface area (Å²) < 4.78 is 34.0. The number of anilines is 1. The van der Waals surface area contributed by atoms with Gasteiger partial charge in [0.15, 0.2) is 11.6 Å². The number of ether oxygens (including phenoxy) is 1. The summed E-state index contributed by atoms with van der Waals surface area (Å²) in [5.74, 6) is -1.23. The number of rotatable bonds is 1. The number of amides is 1. The fraction of sp³-hybridized carbons (Fsp3) is 0.562. The molecule has 23 heavy (non-hydrogen) atoms. The van der Waals surface area contributed by atoms with Crippen LogP contribution in [-0.2, 0) is 4.74 Å². The summed E-state index contributed by atoms with van der Waals surface area (Å²) in [6.45, 7) is 8.29. The average molecular weight is 391 g/mol. The van der Waals surface area contributed by atoms with Gasteiger partial charge in [-0.2, -0.15) is 0 Å². The van der Waals surface area contributed by atoms with E-state index in [1.54, 1.807) is 30.6 Å². The predicted molar refractivity (Wildman–Crippen MR) is 88.7 cm³/mol. The van der Waals surface area contributed by atoms with Crippen LogP contribution in [0.2, 0.25) is 0 Å². The molecule has 1 heterocycles. The van der Waals surface area contributed by atoms with Crippen LogP contribution in [-0.4, -0.2) is 42.3 Å². The normalized spacial score (nSPS) is 19.0. The number of carbonyl (C=O) groups is 1. The van der Waals surface area contributed by atoms with Crippen molar-refractivity contribution < 1.29 is 18.3 Å². The highest BCUT2D eigenvalue weighted by Crippen LogP contribution is 2.30. The van der Waals surface area contributed by atoms with Crippen molar-refractivity contribution in [3.05, 3.63) is 28.2 Å². The van der Waals surface area contributed by atoms with Gasteiger partial charge >= 0.3 is 6.09 Å². The first-order valence-electron chi connectivity index (χ1n) is 7.47. The number of hydrogen-bond acceptors (Lipinski definition) is 3. The summed E-state index contributed by atoms with van der Waals surface area (Å²) in [5, 5.41) is 0. The Labute approximate surface area is 143 Å². The molecule has 0 spiro atoms. The lowest BCUT2D eigenvalue weighted by atomic mass is 10.1. The molecule has 0 aliphatic carbocycles. The van der Waals surface area contributed by atoms with Crippen LogP contribution in [0, 0.1) is 11.6 Å². The molecule has 2 rings (SSSR count). The van der Waals surface area contributed by atoms with Crippen molar-refractivity contribution in [2.45, 2.75) is 39.3 Å². The number of halogens is 3. The Kier molecular flexibility index (Phi) is 5.18. The average Bonchev–Trinajstić information content (AvgIpc) is 2.37. The summed E-state index contributed by atoms with van der Waals surface area (Å²) in [5.41, 5.74) is -0.619. The third-order valence-corrected chi connectivity index (χ3v) is 4.01. The van der Waals surface area contributed by atoms with Gasteiger partial charge in [-0.05, 0) is 39.8 Å². The van der Waals surface area contributed by atoms with E-state index in [0.29, 0.717) is 24.1 Å². The summed E-state index contributed by atoms with van der Waals surface area (Å²) in [6.07, 6.45) is -0.402. The van der Waals surface area contributed by atoms with E-state index < -0.39 is 23.3 Å². The van der Waals surface area contributed by atoms with E-state index in [1.165, 1.54) is 12.1 Å². The minimum Gasteiger partial charge on any atom is -0.444 e. The van der Waals surface area contributed by atoms with E-state index in [4.69, 9.17) is 4.74 Å². The number of benzene rings is 1. The first-order valence-corrected chi connectivity index (χ1v) is 8.27. The molecule has 1 aliphatic rings. The van der Waals surface area contributed by atoms with Crippen LogP contribution in [0.5, 0.6) is 0 Å². The van der Waals surface area contributed by atoms with Gasteiger partial charge in [0, 0.05) is 30.1 Å². The van der Waals surface area contributed by atoms with E-state index in [-0.39, 0.29) is 11.7 Å². The number of hydrogen-bond donors (Lipinski definition) is 0. The molecule has 1 amide bonds. The monoisotopic (exact) mass is 390 g/mol. The Morgan fingerprint density at radius 2 is 1.83 bits per heavy atom. The van der Waals surface area contributed by atoms with E-state index in [1.807, 2.05) is 6.92 Å². The van der Waals surface area contributed by atoms with Gasteiger partial charge in [-0.15, -0.1) is 0 Å². The molecule has 1 fully saturated rings. The molecule has 1 aromatic carbocycles. The molecule has 0 saturated carbocycles. The quantitative estimate of drug-likeness (QED) is 0.721. The van der Waals surface area contributed by atoms with E-state index in [9.17, 15) is 13.6 Å². The van der Waals surface area contributed by atoms with Crippen LogP contribution in [0.25, 0.3) is 0 Å². The molecule has 1 aliphatic heterocycles. The fourth-order valence-electron chi connectivity index (χ4n) is 2.59. The molecule has 1 unspecified atom stereocenters. The highest BCUT2D eigenvalue weighted by Gasteiger charge is 2.32. The molecule has 0 aromatic heterocycles. The van der Waals surface area contributed by atoms with E-state index in [2.05, 4.69) is 15.9 Å². The van der Waals surface area contributed by atoms with Gasteiger partial charge < -0.3 is 14.5 Å². The van der Waals surface area contributed by atoms with Crippen molar-refractivity contribution in [3.63, 3.8) is 0 Å². The van der Waals surface area contributed by atoms with Crippen molar-refractivity contribution in [2.24, 2.45) is 0 Å². The Morgan fingerprint density at radius 3 is 2.30 bits per heavy atom. The maximum Gasteiger partial charge on any atom is 0.410 e. The van der Waals surface area contributed by atoms with Crippen LogP contribution >= 0.6 is 15.9 Å². The van der Waals surface area contributed by atoms with Crippen molar-refractivity contribution in [2.75, 3.05) is 24.5 Å². The Bertz CT molecular complexity index is 581. The van der Waals surface area contributed by atoms with Gasteiger partial charge in [0.1, 0.15) is 11.3 Å². The Balaban J connectivity index is 2.12. The number of piperazine rings is 1. The summed E-state index contributed by atoms with van der Waals surface area (Å²) >= 11 is 3.07. The minimum absolute atomic E-state index is 0.0514. The van der Waals surface area contributed by atoms with Gasteiger partial charge in [0.25, 0.3) is 0 Å². The van der Waals surface area contributed by atoms with Gasteiger partial charge in [-0.25, -0.2) is 13.6 Å². The van der Waals surface area contributed by atoms with Crippen LogP contribution in [0.15, 0.2) is 16.6 Å². The minimum atomic E-state index is -0.616. The van der Waals surface area contributed by atoms with Crippen LogP contribution in [0.1, 0.15) is 27.7 Å². The summed E-state index contributed by atoms with van der Waals surface area (Å²) in [6, 6.07) is 2.26. The summed E-state index contributed by atoms with van der Waals surface area (Å²) in [4.78, 5) is 15.3. The molecular formula is C16H21BrF2N2O2. The topological polar surface area (TPSA) is 32.8 Å². The van der Waals surface area contributed by atoms with Gasteiger partial charge in [-0.3, -0.25) is 0 Å². The number of carbonyl (C=O) groups excluding carboxylic acids is 1. The van der Waals surface area contributed by atoms with Crippen LogP contribution in [0.4, 0.5) is 19.3 Å². The molecular weight excluding hydrogens is 370 g/mol. The van der Waals surface area contributed by atoms with Gasteiger partial charge in [0.05, 0.1) is 0 Å². The van der Waals surface area contributed by atoms with Crippen LogP contribution in [0.3, 0.4) is 0 Å². The molecule has 4 nitrogen and oxygen atoms in total. The van der Waals surface area contributed by atoms with Crippen molar-refractivity contribution >= 4 is 27.7 Å². The second-order valence-electron chi connectivity index (χ2n) is 6.69. The predicted octanol–water partition coefficient (Wildman–Crippen LogP) is 4.17. The van der Waals surface area contributed by atoms with Crippen LogP contribution < -0.4 is 4.90 Å². The molecule has 1 saturated heterocycles. The van der Waals surface area contributed by atoms with Crippen molar-refractivity contribution in [1.82, 2.24) is 4.90 Å². The first kappa shape index (κ1) is 18.0. The Morgan fingerprint density at radius 1 is 1.26 bits per heavy atom. The van der Waals surface area contributed by atoms with Gasteiger partial charge in [-0.1, -0.05) is 15.9 Å². The zero-order valence-electron chi connectivity index (χ0n) is 13.7. The molecule has 1 atom stereocenters. The lowest BCUT2D eigenvalue weighted by Crippen LogP contribution is -2.55. The Hall–Kier alpha value is -1.37. The third kappa shape index (κ3) is 4.34. The zero-order chi connectivity index (χ0) is 17.4. The molecule has 1 aromatic rings. The smallest absolute Gasteiger partial charge is 0.410 e. The lowest BCUT2D eigenvalue weighted by Gasteiger charge is -2.41. The maximum absolute atomic E-state index is 14.1. The largest absolute Gasteiger partial charge is 0.444 e. The highest BCUT2D eigenvalue weighted by molar-refractivity contribution is 9.10. The molecule has 0 N–H and O–H groups in total. The fourth-order valence-corrected chi connectivity index (χ4v) is 2.99. The molecule has 7 heteroatoms. The SMILES string of the molecule is CC1CN(C(=O)OC(C)(C)C)CCN1c1c(F)cc(Br)cc1F. The standard InChI is InChI=1S/C16H21BrF2N2O2/c1-10-9-20(15(22)23-16(2,3)4)5-6-21(10)14-12(18)7-11(17)8-13(14)19/h7-8,10H,5-6,9H2,1-4H3. The second kappa shape index (κ2) is 6.63. The third-order valence-electron chi connectivity index (χ3n) is 3.55. The van der Waals surface area contributed by atoms with Crippen molar-refractivity contribution in [3.8, 4) is 0 Å². The lowest BCUT2D eigenvalue weighted by molar-refractivity contribution is 0.0218. The van der Waals surface area contributed by atoms with E-state index in [0.717, 1.165) is 0 Å². The second-order valence-corrected chi connectivity index (χ2v) is 7.60. The molecule has 128 valence electrons. The number of nitrogens with zero attached hydrogens (tertiary/aromatic N) is 2. The summed E-state index contributed by atoms with van der Waals surface area (Å²) in [7, 11) is 0.